The van der Waals surface area contributed by atoms with Crippen molar-refractivity contribution >= 4 is 40.8 Å². The maximum Gasteiger partial charge on any atom is 0.326 e. The molecular formula is C17H20Cl2N4O5. The first-order valence-corrected chi connectivity index (χ1v) is 8.90. The van der Waals surface area contributed by atoms with E-state index < -0.39 is 16.9 Å². The second-order valence-electron chi connectivity index (χ2n) is 5.63. The summed E-state index contributed by atoms with van der Waals surface area (Å²) in [6.45, 7) is 1.72. The second kappa shape index (κ2) is 11.3. The molecule has 9 nitrogen and oxygen atoms in total. The molecule has 1 amide bonds. The number of benzene rings is 1. The van der Waals surface area contributed by atoms with E-state index in [9.17, 15) is 19.7 Å². The zero-order chi connectivity index (χ0) is 21.3. The number of nitrogens with zero attached hydrogens (tertiary/aromatic N) is 1. The van der Waals surface area contributed by atoms with Crippen molar-refractivity contribution in [2.45, 2.75) is 25.8 Å². The molecule has 11 heteroatoms. The second-order valence-corrected chi connectivity index (χ2v) is 6.45. The molecule has 1 unspecified atom stereocenters. The number of carboxylic acid groups (broad SMARTS) is 1. The van der Waals surface area contributed by atoms with Crippen molar-refractivity contribution in [1.82, 2.24) is 10.3 Å². The van der Waals surface area contributed by atoms with Gasteiger partial charge in [0.25, 0.3) is 5.69 Å². The number of nitro benzene ring substituents is 1. The monoisotopic (exact) mass is 430 g/mol. The number of nitrogens with two attached hydrogens (primary N) is 1. The van der Waals surface area contributed by atoms with Gasteiger partial charge in [-0.3, -0.25) is 14.9 Å². The van der Waals surface area contributed by atoms with Gasteiger partial charge >= 0.3 is 5.97 Å². The Bertz CT molecular complexity index is 841. The highest BCUT2D eigenvalue weighted by molar-refractivity contribution is 6.35. The Balaban J connectivity index is 0.000000295. The topological polar surface area (TPSA) is 151 Å². The van der Waals surface area contributed by atoms with Gasteiger partial charge in [-0.15, -0.1) is 0 Å². The number of nitro groups is 1. The Hall–Kier alpha value is -2.62. The Labute approximate surface area is 171 Å². The third kappa shape index (κ3) is 6.84. The molecule has 2 rings (SSSR count). The van der Waals surface area contributed by atoms with Crippen LogP contribution >= 0.6 is 23.2 Å². The fraction of sp³-hybridized carbons (Fsp3) is 0.294. The summed E-state index contributed by atoms with van der Waals surface area (Å²) in [6, 6.07) is 3.93. The number of hydrogen-bond acceptors (Lipinski definition) is 5. The predicted molar refractivity (Wildman–Crippen MR) is 106 cm³/mol. The van der Waals surface area contributed by atoms with Crippen LogP contribution in [0, 0.1) is 10.1 Å². The highest BCUT2D eigenvalue weighted by atomic mass is 35.5. The van der Waals surface area contributed by atoms with Crippen molar-refractivity contribution < 1.29 is 19.6 Å². The minimum atomic E-state index is -1.02. The number of aromatic amines is 1. The summed E-state index contributed by atoms with van der Waals surface area (Å²) >= 11 is 11.7. The van der Waals surface area contributed by atoms with Crippen LogP contribution in [0.5, 0.6) is 0 Å². The van der Waals surface area contributed by atoms with Crippen LogP contribution in [0.25, 0.3) is 11.1 Å². The van der Waals surface area contributed by atoms with E-state index in [-0.39, 0.29) is 16.6 Å². The first kappa shape index (κ1) is 23.4. The molecule has 0 spiro atoms. The lowest BCUT2D eigenvalue weighted by molar-refractivity contribution is -0.384. The van der Waals surface area contributed by atoms with Crippen LogP contribution in [0.3, 0.4) is 0 Å². The van der Waals surface area contributed by atoms with Crippen LogP contribution in [0.4, 0.5) is 5.69 Å². The molecule has 0 aliphatic heterocycles. The van der Waals surface area contributed by atoms with Gasteiger partial charge in [-0.1, -0.05) is 29.3 Å². The van der Waals surface area contributed by atoms with Gasteiger partial charge in [0.15, 0.2) is 0 Å². The molecule has 0 radical (unpaired) electrons. The summed E-state index contributed by atoms with van der Waals surface area (Å²) in [5.41, 5.74) is 6.04. The number of aliphatic carboxylic acids is 1. The fourth-order valence-corrected chi connectivity index (χ4v) is 2.76. The van der Waals surface area contributed by atoms with Crippen LogP contribution in [0.1, 0.15) is 19.8 Å². The molecule has 1 atom stereocenters. The van der Waals surface area contributed by atoms with E-state index in [2.05, 4.69) is 10.3 Å². The fourth-order valence-electron chi connectivity index (χ4n) is 2.29. The normalized spacial score (nSPS) is 11.1. The molecule has 0 aliphatic rings. The first-order chi connectivity index (χ1) is 13.2. The van der Waals surface area contributed by atoms with E-state index in [1.807, 2.05) is 0 Å². The van der Waals surface area contributed by atoms with Gasteiger partial charge in [0.2, 0.25) is 5.91 Å². The van der Waals surface area contributed by atoms with Crippen molar-refractivity contribution in [3.05, 3.63) is 50.8 Å². The number of carbonyl (C=O) groups is 2. The molecule has 1 aromatic heterocycles. The number of carboxylic acids is 1. The highest BCUT2D eigenvalue weighted by Crippen LogP contribution is 2.38. The highest BCUT2D eigenvalue weighted by Gasteiger charge is 2.21. The molecule has 0 saturated heterocycles. The minimum Gasteiger partial charge on any atom is -0.480 e. The van der Waals surface area contributed by atoms with Crippen molar-refractivity contribution in [1.29, 1.82) is 0 Å². The molecule has 0 aliphatic carbocycles. The van der Waals surface area contributed by atoms with E-state index in [1.54, 1.807) is 24.5 Å². The van der Waals surface area contributed by atoms with E-state index in [4.69, 9.17) is 34.0 Å². The molecular weight excluding hydrogens is 411 g/mol. The summed E-state index contributed by atoms with van der Waals surface area (Å²) in [7, 11) is 0. The number of rotatable bonds is 7. The number of amides is 1. The van der Waals surface area contributed by atoms with Gasteiger partial charge in [0, 0.05) is 24.9 Å². The van der Waals surface area contributed by atoms with E-state index in [1.165, 1.54) is 13.0 Å². The number of hydrogen-bond donors (Lipinski definition) is 4. The summed E-state index contributed by atoms with van der Waals surface area (Å²) in [5, 5.41) is 22.3. The largest absolute Gasteiger partial charge is 0.480 e. The maximum atomic E-state index is 10.9. The van der Waals surface area contributed by atoms with Crippen LogP contribution in [0.2, 0.25) is 10.0 Å². The van der Waals surface area contributed by atoms with Gasteiger partial charge in [0.05, 0.1) is 15.5 Å². The quantitative estimate of drug-likeness (QED) is 0.390. The zero-order valence-electron chi connectivity index (χ0n) is 14.9. The third-order valence-corrected chi connectivity index (χ3v) is 4.14. The average Bonchev–Trinajstić information content (AvgIpc) is 3.04. The number of halogens is 2. The average molecular weight is 431 g/mol. The number of para-hydroxylation sites is 1. The molecule has 0 saturated carbocycles. The Kier molecular flexibility index (Phi) is 9.43. The summed E-state index contributed by atoms with van der Waals surface area (Å²) in [6.07, 6.45) is 4.13. The SMILES string of the molecule is CC(=O)NC(CCCN)C(=O)O.O=[N+]([O-])c1c(Cl)cccc1-c1c[nH]cc1Cl. The molecule has 2 aromatic rings. The molecule has 0 fully saturated rings. The molecule has 5 N–H and O–H groups in total. The molecule has 1 aromatic carbocycles. The molecule has 0 bridgehead atoms. The third-order valence-electron chi connectivity index (χ3n) is 3.53. The lowest BCUT2D eigenvalue weighted by Gasteiger charge is -2.11. The number of carbonyl (C=O) groups excluding carboxylic acids is 1. The molecule has 152 valence electrons. The van der Waals surface area contributed by atoms with Gasteiger partial charge in [-0.2, -0.15) is 0 Å². The Morgan fingerprint density at radius 3 is 2.43 bits per heavy atom. The van der Waals surface area contributed by atoms with Gasteiger partial charge in [0.1, 0.15) is 11.1 Å². The molecule has 28 heavy (non-hydrogen) atoms. The lowest BCUT2D eigenvalue weighted by Crippen LogP contribution is -2.39. The van der Waals surface area contributed by atoms with Gasteiger partial charge in [-0.25, -0.2) is 4.79 Å². The van der Waals surface area contributed by atoms with Crippen LogP contribution in [-0.2, 0) is 9.59 Å². The van der Waals surface area contributed by atoms with Crippen molar-refractivity contribution in [3.8, 4) is 11.1 Å². The maximum absolute atomic E-state index is 10.9. The van der Waals surface area contributed by atoms with Crippen molar-refractivity contribution in [3.63, 3.8) is 0 Å². The zero-order valence-corrected chi connectivity index (χ0v) is 16.5. The standard InChI is InChI=1S/C10H6Cl2N2O2.C7H14N2O3/c11-8-3-1-2-6(10(8)14(15)16)7-4-13-5-9(7)12;1-5(10)9-6(7(11)12)3-2-4-8/h1-5,13H;6H,2-4,8H2,1H3,(H,9,10)(H,11,12). The van der Waals surface area contributed by atoms with Gasteiger partial charge in [-0.05, 0) is 31.5 Å². The van der Waals surface area contributed by atoms with Crippen LogP contribution in [-0.4, -0.2) is 39.5 Å². The Morgan fingerprint density at radius 2 is 1.96 bits per heavy atom. The predicted octanol–water partition coefficient (Wildman–Crippen LogP) is 3.21. The van der Waals surface area contributed by atoms with Crippen molar-refractivity contribution in [2.24, 2.45) is 5.73 Å². The summed E-state index contributed by atoms with van der Waals surface area (Å²) in [4.78, 5) is 34.2. The summed E-state index contributed by atoms with van der Waals surface area (Å²) < 4.78 is 0. The number of H-pyrrole nitrogens is 1. The Morgan fingerprint density at radius 1 is 1.29 bits per heavy atom. The summed E-state index contributed by atoms with van der Waals surface area (Å²) in [5.74, 6) is -1.35. The molecule has 1 heterocycles. The van der Waals surface area contributed by atoms with E-state index in [0.717, 1.165) is 0 Å². The van der Waals surface area contributed by atoms with E-state index >= 15 is 0 Å². The lowest BCUT2D eigenvalue weighted by atomic mass is 10.1. The van der Waals surface area contributed by atoms with E-state index in [0.29, 0.717) is 35.5 Å². The van der Waals surface area contributed by atoms with Gasteiger partial charge < -0.3 is 21.1 Å². The minimum absolute atomic E-state index is 0.0970. The van der Waals surface area contributed by atoms with Crippen LogP contribution < -0.4 is 11.1 Å². The van der Waals surface area contributed by atoms with Crippen molar-refractivity contribution in [2.75, 3.05) is 6.54 Å². The number of aromatic nitrogens is 1. The van der Waals surface area contributed by atoms with Crippen LogP contribution in [0.15, 0.2) is 30.6 Å². The first-order valence-electron chi connectivity index (χ1n) is 8.14. The smallest absolute Gasteiger partial charge is 0.326 e. The number of nitrogens with one attached hydrogen (secondary N) is 2.